The summed E-state index contributed by atoms with van der Waals surface area (Å²) >= 11 is 1.29. The van der Waals surface area contributed by atoms with Gasteiger partial charge in [-0.2, -0.15) is 0 Å². The number of anilines is 1. The molecule has 0 bridgehead atoms. The molecule has 0 saturated carbocycles. The van der Waals surface area contributed by atoms with Gasteiger partial charge in [0.25, 0.3) is 0 Å². The summed E-state index contributed by atoms with van der Waals surface area (Å²) in [6.07, 6.45) is 1.97. The van der Waals surface area contributed by atoms with Gasteiger partial charge in [-0.3, -0.25) is 9.59 Å². The number of benzene rings is 2. The number of carbonyl (C=O) groups excluding carboxylic acids is 2. The van der Waals surface area contributed by atoms with E-state index in [0.29, 0.717) is 17.5 Å². The number of rotatable bonds is 11. The van der Waals surface area contributed by atoms with Crippen LogP contribution < -0.4 is 15.4 Å². The van der Waals surface area contributed by atoms with E-state index in [0.717, 1.165) is 22.6 Å². The van der Waals surface area contributed by atoms with Crippen molar-refractivity contribution in [3.63, 3.8) is 0 Å². The Morgan fingerprint density at radius 2 is 1.86 bits per heavy atom. The number of hydrogen-bond donors (Lipinski definition) is 2. The zero-order valence-corrected chi connectivity index (χ0v) is 21.3. The van der Waals surface area contributed by atoms with Gasteiger partial charge in [-0.25, -0.2) is 0 Å². The Labute approximate surface area is 210 Å². The summed E-state index contributed by atoms with van der Waals surface area (Å²) < 4.78 is 7.01. The molecule has 1 heterocycles. The molecule has 8 nitrogen and oxygen atoms in total. The number of methoxy groups -OCH3 is 1. The van der Waals surface area contributed by atoms with Crippen molar-refractivity contribution >= 4 is 29.3 Å². The normalized spacial score (nSPS) is 11.5. The Morgan fingerprint density at radius 3 is 2.51 bits per heavy atom. The number of thioether (sulfide) groups is 1. The number of carbonyl (C=O) groups is 2. The molecule has 2 N–H and O–H groups in total. The third kappa shape index (κ3) is 7.19. The van der Waals surface area contributed by atoms with E-state index in [9.17, 15) is 9.59 Å². The van der Waals surface area contributed by atoms with Crippen molar-refractivity contribution < 1.29 is 14.3 Å². The molecule has 184 valence electrons. The van der Waals surface area contributed by atoms with Crippen molar-refractivity contribution in [2.24, 2.45) is 0 Å². The van der Waals surface area contributed by atoms with Gasteiger partial charge in [0.1, 0.15) is 5.75 Å². The topological polar surface area (TPSA) is 98.1 Å². The Hall–Kier alpha value is -3.59. The Morgan fingerprint density at radius 1 is 1.11 bits per heavy atom. The number of aromatic nitrogens is 3. The van der Waals surface area contributed by atoms with Gasteiger partial charge < -0.3 is 19.9 Å². The molecule has 3 rings (SSSR count). The van der Waals surface area contributed by atoms with Crippen LogP contribution in [0.15, 0.2) is 60.3 Å². The van der Waals surface area contributed by atoms with Crippen LogP contribution in [-0.2, 0) is 22.6 Å². The largest absolute Gasteiger partial charge is 0.497 e. The van der Waals surface area contributed by atoms with E-state index in [1.54, 1.807) is 13.2 Å². The molecule has 0 aliphatic carbocycles. The fourth-order valence-electron chi connectivity index (χ4n) is 3.46. The minimum Gasteiger partial charge on any atom is -0.497 e. The molecule has 0 spiro atoms. The van der Waals surface area contributed by atoms with E-state index in [2.05, 4.69) is 27.4 Å². The molecule has 35 heavy (non-hydrogen) atoms. The highest BCUT2D eigenvalue weighted by atomic mass is 32.2. The predicted molar refractivity (Wildman–Crippen MR) is 139 cm³/mol. The number of ether oxygens (including phenoxy) is 1. The fraction of sp³-hybridized carbons (Fsp3) is 0.308. The summed E-state index contributed by atoms with van der Waals surface area (Å²) in [5, 5.41) is 15.0. The van der Waals surface area contributed by atoms with Crippen molar-refractivity contribution in [3.8, 4) is 5.75 Å². The average Bonchev–Trinajstić information content (AvgIpc) is 3.23. The highest BCUT2D eigenvalue weighted by Gasteiger charge is 2.20. The first-order valence-electron chi connectivity index (χ1n) is 11.3. The zero-order chi connectivity index (χ0) is 25.4. The van der Waals surface area contributed by atoms with Crippen LogP contribution in [0.4, 0.5) is 5.69 Å². The average molecular weight is 494 g/mol. The summed E-state index contributed by atoms with van der Waals surface area (Å²) in [6, 6.07) is 12.8. The molecule has 0 aliphatic rings. The lowest BCUT2D eigenvalue weighted by Crippen LogP contribution is -2.30. The van der Waals surface area contributed by atoms with Crippen LogP contribution in [0.3, 0.4) is 0 Å². The van der Waals surface area contributed by atoms with E-state index in [1.807, 2.05) is 67.8 Å². The van der Waals surface area contributed by atoms with Gasteiger partial charge in [-0.15, -0.1) is 16.8 Å². The predicted octanol–water partition coefficient (Wildman–Crippen LogP) is 4.24. The van der Waals surface area contributed by atoms with E-state index < -0.39 is 0 Å². The third-order valence-electron chi connectivity index (χ3n) is 5.47. The molecule has 1 aromatic heterocycles. The quantitative estimate of drug-likeness (QED) is 0.306. The van der Waals surface area contributed by atoms with Gasteiger partial charge in [-0.05, 0) is 61.7 Å². The van der Waals surface area contributed by atoms with Crippen LogP contribution in [0, 0.1) is 13.8 Å². The van der Waals surface area contributed by atoms with Crippen molar-refractivity contribution in [2.75, 3.05) is 18.2 Å². The lowest BCUT2D eigenvalue weighted by Gasteiger charge is -2.15. The van der Waals surface area contributed by atoms with Crippen LogP contribution in [0.25, 0.3) is 0 Å². The standard InChI is InChI=1S/C26H31N5O3S/c1-6-13-31-25(19(4)27-23(32)15-20-8-11-22(34-5)12-9-20)29-30-26(31)35-16-24(33)28-21-10-7-17(2)18(3)14-21/h6-12,14,19H,1,13,15-16H2,2-5H3,(H,27,32)(H,28,33). The zero-order valence-electron chi connectivity index (χ0n) is 20.5. The van der Waals surface area contributed by atoms with Gasteiger partial charge in [0.05, 0.1) is 25.3 Å². The Balaban J connectivity index is 1.60. The third-order valence-corrected chi connectivity index (χ3v) is 6.44. The van der Waals surface area contributed by atoms with Crippen molar-refractivity contribution in [2.45, 2.75) is 44.9 Å². The summed E-state index contributed by atoms with van der Waals surface area (Å²) in [7, 11) is 1.60. The smallest absolute Gasteiger partial charge is 0.234 e. The van der Waals surface area contributed by atoms with E-state index in [1.165, 1.54) is 17.3 Å². The molecule has 0 fully saturated rings. The first-order chi connectivity index (χ1) is 16.8. The van der Waals surface area contributed by atoms with Crippen LogP contribution in [-0.4, -0.2) is 39.4 Å². The van der Waals surface area contributed by atoms with Crippen molar-refractivity contribution in [1.29, 1.82) is 0 Å². The maximum Gasteiger partial charge on any atom is 0.234 e. The van der Waals surface area contributed by atoms with E-state index >= 15 is 0 Å². The second-order valence-electron chi connectivity index (χ2n) is 8.19. The second kappa shape index (κ2) is 12.2. The highest BCUT2D eigenvalue weighted by molar-refractivity contribution is 7.99. The molecule has 2 aromatic carbocycles. The molecular weight excluding hydrogens is 462 g/mol. The maximum atomic E-state index is 12.6. The number of amides is 2. The Bertz CT molecular complexity index is 1190. The van der Waals surface area contributed by atoms with Gasteiger partial charge >= 0.3 is 0 Å². The number of allylic oxidation sites excluding steroid dienone is 1. The summed E-state index contributed by atoms with van der Waals surface area (Å²) in [4.78, 5) is 25.1. The number of nitrogens with one attached hydrogen (secondary N) is 2. The Kier molecular flexibility index (Phi) is 9.08. The molecule has 1 unspecified atom stereocenters. The molecule has 0 radical (unpaired) electrons. The summed E-state index contributed by atoms with van der Waals surface area (Å²) in [5.74, 6) is 1.27. The molecule has 0 saturated heterocycles. The SMILES string of the molecule is C=CCn1c(SCC(=O)Nc2ccc(C)c(C)c2)nnc1C(C)NC(=O)Cc1ccc(OC)cc1. The van der Waals surface area contributed by atoms with E-state index in [-0.39, 0.29) is 30.0 Å². The van der Waals surface area contributed by atoms with Crippen LogP contribution in [0.5, 0.6) is 5.75 Å². The van der Waals surface area contributed by atoms with Crippen molar-refractivity contribution in [1.82, 2.24) is 20.1 Å². The fourth-order valence-corrected chi connectivity index (χ4v) is 4.21. The van der Waals surface area contributed by atoms with Gasteiger partial charge in [0, 0.05) is 12.2 Å². The monoisotopic (exact) mass is 493 g/mol. The van der Waals surface area contributed by atoms with Gasteiger partial charge in [-0.1, -0.05) is 36.0 Å². The van der Waals surface area contributed by atoms with Crippen LogP contribution in [0.2, 0.25) is 0 Å². The molecular formula is C26H31N5O3S. The van der Waals surface area contributed by atoms with Gasteiger partial charge in [0.2, 0.25) is 11.8 Å². The lowest BCUT2D eigenvalue weighted by molar-refractivity contribution is -0.121. The number of aryl methyl sites for hydroxylation is 2. The van der Waals surface area contributed by atoms with E-state index in [4.69, 9.17) is 4.74 Å². The minimum absolute atomic E-state index is 0.127. The van der Waals surface area contributed by atoms with Crippen LogP contribution >= 0.6 is 11.8 Å². The molecule has 3 aromatic rings. The minimum atomic E-state index is -0.369. The second-order valence-corrected chi connectivity index (χ2v) is 9.13. The molecule has 9 heteroatoms. The molecule has 2 amide bonds. The van der Waals surface area contributed by atoms with Crippen molar-refractivity contribution in [3.05, 3.63) is 77.6 Å². The highest BCUT2D eigenvalue weighted by Crippen LogP contribution is 2.22. The maximum absolute atomic E-state index is 12.6. The number of nitrogens with zero attached hydrogens (tertiary/aromatic N) is 3. The first-order valence-corrected chi connectivity index (χ1v) is 12.3. The first kappa shape index (κ1) is 26.0. The summed E-state index contributed by atoms with van der Waals surface area (Å²) in [6.45, 7) is 10.2. The lowest BCUT2D eigenvalue weighted by atomic mass is 10.1. The summed E-state index contributed by atoms with van der Waals surface area (Å²) in [5.41, 5.74) is 3.94. The number of hydrogen-bond acceptors (Lipinski definition) is 6. The molecule has 0 aliphatic heterocycles. The van der Waals surface area contributed by atoms with Gasteiger partial charge in [0.15, 0.2) is 11.0 Å². The van der Waals surface area contributed by atoms with Crippen LogP contribution in [0.1, 0.15) is 35.5 Å². The molecule has 1 atom stereocenters.